The zero-order valence-corrected chi connectivity index (χ0v) is 19.2. The van der Waals surface area contributed by atoms with E-state index < -0.39 is 0 Å². The molecule has 0 aliphatic carbocycles. The number of carbonyl (C=O) groups is 2. The molecule has 33 heavy (non-hydrogen) atoms. The number of benzene rings is 2. The van der Waals surface area contributed by atoms with E-state index in [1.165, 1.54) is 5.56 Å². The van der Waals surface area contributed by atoms with E-state index in [0.29, 0.717) is 24.8 Å². The Morgan fingerprint density at radius 3 is 2.61 bits per heavy atom. The van der Waals surface area contributed by atoms with E-state index in [2.05, 4.69) is 10.1 Å². The number of rotatable bonds is 4. The fourth-order valence-corrected chi connectivity index (χ4v) is 4.73. The van der Waals surface area contributed by atoms with E-state index in [4.69, 9.17) is 4.52 Å². The first-order valence-corrected chi connectivity index (χ1v) is 11.5. The van der Waals surface area contributed by atoms with Crippen LogP contribution >= 0.6 is 0 Å². The van der Waals surface area contributed by atoms with Crippen molar-refractivity contribution in [1.82, 2.24) is 15.0 Å². The monoisotopic (exact) mass is 444 g/mol. The normalized spacial score (nSPS) is 20.6. The van der Waals surface area contributed by atoms with Crippen LogP contribution in [-0.2, 0) is 9.59 Å². The van der Waals surface area contributed by atoms with E-state index in [9.17, 15) is 9.59 Å². The lowest BCUT2D eigenvalue weighted by atomic mass is 10.1. The molecule has 7 heteroatoms. The zero-order valence-electron chi connectivity index (χ0n) is 19.2. The van der Waals surface area contributed by atoms with Crippen LogP contribution in [0.1, 0.15) is 47.9 Å². The van der Waals surface area contributed by atoms with Crippen LogP contribution in [0.4, 0.5) is 5.69 Å². The van der Waals surface area contributed by atoms with E-state index in [-0.39, 0.29) is 30.2 Å². The zero-order chi connectivity index (χ0) is 23.1. The topological polar surface area (TPSA) is 79.5 Å². The first-order chi connectivity index (χ1) is 15.9. The summed E-state index contributed by atoms with van der Waals surface area (Å²) in [4.78, 5) is 34.4. The van der Waals surface area contributed by atoms with Crippen molar-refractivity contribution in [2.75, 3.05) is 18.0 Å². The van der Waals surface area contributed by atoms with Gasteiger partial charge in [0.2, 0.25) is 23.5 Å². The molecule has 2 aromatic carbocycles. The summed E-state index contributed by atoms with van der Waals surface area (Å²) in [5.41, 5.74) is 5.22. The number of hydrogen-bond donors (Lipinski definition) is 0. The van der Waals surface area contributed by atoms with Crippen LogP contribution in [0.5, 0.6) is 0 Å². The van der Waals surface area contributed by atoms with Crippen molar-refractivity contribution in [3.8, 4) is 11.4 Å². The van der Waals surface area contributed by atoms with Crippen molar-refractivity contribution in [3.63, 3.8) is 0 Å². The van der Waals surface area contributed by atoms with Gasteiger partial charge in [-0.15, -0.1) is 0 Å². The van der Waals surface area contributed by atoms with Crippen molar-refractivity contribution >= 4 is 17.5 Å². The van der Waals surface area contributed by atoms with Crippen LogP contribution in [0.2, 0.25) is 0 Å². The minimum absolute atomic E-state index is 0.00716. The lowest BCUT2D eigenvalue weighted by molar-refractivity contribution is -0.137. The Balaban J connectivity index is 1.32. The third-order valence-corrected chi connectivity index (χ3v) is 6.85. The molecule has 1 aromatic heterocycles. The maximum absolute atomic E-state index is 13.4. The van der Waals surface area contributed by atoms with Gasteiger partial charge >= 0.3 is 0 Å². The molecule has 3 heterocycles. The van der Waals surface area contributed by atoms with Crippen LogP contribution in [0, 0.1) is 26.7 Å². The van der Waals surface area contributed by atoms with Gasteiger partial charge in [-0.05, 0) is 56.9 Å². The number of amides is 2. The molecule has 2 aliphatic heterocycles. The molecule has 2 fully saturated rings. The molecule has 0 radical (unpaired) electrons. The number of carbonyl (C=O) groups excluding carboxylic acids is 2. The number of nitrogens with zero attached hydrogens (tertiary/aromatic N) is 4. The van der Waals surface area contributed by atoms with Gasteiger partial charge in [-0.1, -0.05) is 41.1 Å². The first-order valence-electron chi connectivity index (χ1n) is 11.5. The van der Waals surface area contributed by atoms with Crippen LogP contribution in [0.3, 0.4) is 0 Å². The minimum atomic E-state index is -0.362. The summed E-state index contributed by atoms with van der Waals surface area (Å²) >= 11 is 0. The van der Waals surface area contributed by atoms with Crippen LogP contribution in [0.15, 0.2) is 47.0 Å². The number of aryl methyl sites for hydroxylation is 3. The molecular weight excluding hydrogens is 416 g/mol. The highest BCUT2D eigenvalue weighted by atomic mass is 16.5. The first kappa shape index (κ1) is 21.4. The van der Waals surface area contributed by atoms with Crippen molar-refractivity contribution in [2.45, 2.75) is 46.1 Å². The highest BCUT2D eigenvalue weighted by Gasteiger charge is 2.42. The standard InChI is InChI=1S/C26H28N4O3/c1-16-6-9-19(10-7-16)24-27-25(33-28-24)22-5-4-12-29(22)26(32)20-14-23(31)30(15-20)21-11-8-17(2)18(3)13-21/h6-11,13,20,22H,4-5,12,14-15H2,1-3H3/t20-,22-/m1/s1. The quantitative estimate of drug-likeness (QED) is 0.597. The maximum Gasteiger partial charge on any atom is 0.249 e. The van der Waals surface area contributed by atoms with Crippen molar-refractivity contribution in [2.24, 2.45) is 5.92 Å². The third kappa shape index (κ3) is 4.03. The van der Waals surface area contributed by atoms with Gasteiger partial charge in [0.1, 0.15) is 6.04 Å². The van der Waals surface area contributed by atoms with Gasteiger partial charge in [0.25, 0.3) is 0 Å². The minimum Gasteiger partial charge on any atom is -0.337 e. The number of anilines is 1. The molecule has 0 bridgehead atoms. The second-order valence-electron chi connectivity index (χ2n) is 9.19. The number of hydrogen-bond acceptors (Lipinski definition) is 5. The van der Waals surface area contributed by atoms with Crippen molar-refractivity contribution in [3.05, 3.63) is 65.0 Å². The van der Waals surface area contributed by atoms with Gasteiger partial charge < -0.3 is 14.3 Å². The Morgan fingerprint density at radius 1 is 1.06 bits per heavy atom. The largest absolute Gasteiger partial charge is 0.337 e. The lowest BCUT2D eigenvalue weighted by Crippen LogP contribution is -2.37. The van der Waals surface area contributed by atoms with Gasteiger partial charge in [-0.25, -0.2) is 0 Å². The summed E-state index contributed by atoms with van der Waals surface area (Å²) in [5, 5.41) is 4.14. The molecule has 2 amide bonds. The predicted molar refractivity (Wildman–Crippen MR) is 125 cm³/mol. The second kappa shape index (κ2) is 8.46. The summed E-state index contributed by atoms with van der Waals surface area (Å²) < 4.78 is 5.58. The van der Waals surface area contributed by atoms with E-state index in [1.807, 2.05) is 68.1 Å². The van der Waals surface area contributed by atoms with E-state index >= 15 is 0 Å². The van der Waals surface area contributed by atoms with Crippen molar-refractivity contribution in [1.29, 1.82) is 0 Å². The average Bonchev–Trinajstić information content (AvgIpc) is 3.55. The van der Waals surface area contributed by atoms with E-state index in [0.717, 1.165) is 35.2 Å². The van der Waals surface area contributed by atoms with Gasteiger partial charge in [-0.3, -0.25) is 9.59 Å². The van der Waals surface area contributed by atoms with Gasteiger partial charge in [0.05, 0.1) is 5.92 Å². The molecule has 0 saturated carbocycles. The molecule has 2 saturated heterocycles. The van der Waals surface area contributed by atoms with Crippen LogP contribution in [-0.4, -0.2) is 39.9 Å². The molecular formula is C26H28N4O3. The van der Waals surface area contributed by atoms with Crippen LogP contribution < -0.4 is 4.90 Å². The Kier molecular flexibility index (Phi) is 5.48. The molecule has 0 spiro atoms. The number of likely N-dealkylation sites (tertiary alicyclic amines) is 1. The highest BCUT2D eigenvalue weighted by molar-refractivity contribution is 6.00. The average molecular weight is 445 g/mol. The Hall–Kier alpha value is -3.48. The summed E-state index contributed by atoms with van der Waals surface area (Å²) in [6, 6.07) is 13.7. The van der Waals surface area contributed by atoms with Crippen LogP contribution in [0.25, 0.3) is 11.4 Å². The molecule has 2 atom stereocenters. The summed E-state index contributed by atoms with van der Waals surface area (Å²) in [6.07, 6.45) is 1.89. The van der Waals surface area contributed by atoms with Crippen molar-refractivity contribution < 1.29 is 14.1 Å². The van der Waals surface area contributed by atoms with Gasteiger partial charge in [0.15, 0.2) is 0 Å². The smallest absolute Gasteiger partial charge is 0.249 e. The Morgan fingerprint density at radius 2 is 1.85 bits per heavy atom. The maximum atomic E-state index is 13.4. The van der Waals surface area contributed by atoms with Gasteiger partial charge in [-0.2, -0.15) is 4.98 Å². The lowest BCUT2D eigenvalue weighted by Gasteiger charge is -2.25. The molecule has 0 unspecified atom stereocenters. The molecule has 7 nitrogen and oxygen atoms in total. The number of aromatic nitrogens is 2. The predicted octanol–water partition coefficient (Wildman–Crippen LogP) is 4.38. The van der Waals surface area contributed by atoms with E-state index in [1.54, 1.807) is 4.90 Å². The second-order valence-corrected chi connectivity index (χ2v) is 9.19. The fourth-order valence-electron chi connectivity index (χ4n) is 4.73. The Labute approximate surface area is 193 Å². The highest BCUT2D eigenvalue weighted by Crippen LogP contribution is 2.35. The summed E-state index contributed by atoms with van der Waals surface area (Å²) in [7, 11) is 0. The molecule has 3 aromatic rings. The summed E-state index contributed by atoms with van der Waals surface area (Å²) in [5.74, 6) is 0.617. The molecule has 170 valence electrons. The SMILES string of the molecule is Cc1ccc(-c2noc([C@H]3CCCN3C(=O)[C@@H]3CC(=O)N(c4ccc(C)c(C)c4)C3)n2)cc1. The van der Waals surface area contributed by atoms with Gasteiger partial charge in [0, 0.05) is 30.8 Å². The fraction of sp³-hybridized carbons (Fsp3) is 0.385. The summed E-state index contributed by atoms with van der Waals surface area (Å²) in [6.45, 7) is 7.16. The molecule has 0 N–H and O–H groups in total. The molecule has 2 aliphatic rings. The Bertz CT molecular complexity index is 1200. The third-order valence-electron chi connectivity index (χ3n) is 6.85. The molecule has 5 rings (SSSR count).